The Labute approximate surface area is 125 Å². The predicted molar refractivity (Wildman–Crippen MR) is 91.7 cm³/mol. The van der Waals surface area contributed by atoms with Crippen molar-refractivity contribution in [3.63, 3.8) is 0 Å². The summed E-state index contributed by atoms with van der Waals surface area (Å²) in [5.74, 6) is 0. The van der Waals surface area contributed by atoms with E-state index in [2.05, 4.69) is 24.3 Å². The van der Waals surface area contributed by atoms with Gasteiger partial charge in [-0.2, -0.15) is 0 Å². The van der Waals surface area contributed by atoms with Crippen molar-refractivity contribution >= 4 is 30.0 Å². The van der Waals surface area contributed by atoms with Crippen LogP contribution in [0, 0.1) is 10.8 Å². The van der Waals surface area contributed by atoms with Gasteiger partial charge >= 0.3 is 0 Å². The molecule has 0 unspecified atom stereocenters. The van der Waals surface area contributed by atoms with Crippen LogP contribution < -0.4 is 10.6 Å². The molecule has 0 aliphatic heterocycles. The molecule has 0 amide bonds. The first-order chi connectivity index (χ1) is 10.3. The summed E-state index contributed by atoms with van der Waals surface area (Å²) >= 11 is 0. The molecule has 3 heteroatoms. The Morgan fingerprint density at radius 3 is 1.76 bits per heavy atom. The van der Waals surface area contributed by atoms with Crippen molar-refractivity contribution in [1.82, 2.24) is 0 Å². The zero-order valence-corrected chi connectivity index (χ0v) is 12.3. The molecule has 0 atom stereocenters. The average Bonchev–Trinajstić information content (AvgIpc) is 2.54. The summed E-state index contributed by atoms with van der Waals surface area (Å²) in [7, 11) is -0.791. The van der Waals surface area contributed by atoms with E-state index < -0.39 is 7.92 Å². The van der Waals surface area contributed by atoms with Gasteiger partial charge in [0.2, 0.25) is 0 Å². The molecule has 0 fully saturated rings. The van der Waals surface area contributed by atoms with Crippen molar-refractivity contribution in [2.24, 2.45) is 0 Å². The quantitative estimate of drug-likeness (QED) is 0.641. The minimum Gasteiger partial charge on any atom is -0.299 e. The lowest BCUT2D eigenvalue weighted by molar-refractivity contribution is 1.48. The van der Waals surface area contributed by atoms with E-state index in [9.17, 15) is 0 Å². The fourth-order valence-corrected chi connectivity index (χ4v) is 4.68. The van der Waals surface area contributed by atoms with Gasteiger partial charge in [-0.3, -0.25) is 10.8 Å². The average molecular weight is 290 g/mol. The van der Waals surface area contributed by atoms with E-state index in [4.69, 9.17) is 10.8 Å². The van der Waals surface area contributed by atoms with Crippen LogP contribution in [0.15, 0.2) is 84.2 Å². The Balaban J connectivity index is 2.14. The molecule has 1 aliphatic carbocycles. The van der Waals surface area contributed by atoms with Crippen molar-refractivity contribution in [3.8, 4) is 0 Å². The van der Waals surface area contributed by atoms with Crippen LogP contribution in [0.4, 0.5) is 0 Å². The van der Waals surface area contributed by atoms with Crippen molar-refractivity contribution < 1.29 is 0 Å². The molecule has 0 bridgehead atoms. The van der Waals surface area contributed by atoms with Gasteiger partial charge in [0.05, 0.1) is 11.4 Å². The van der Waals surface area contributed by atoms with Gasteiger partial charge in [0.1, 0.15) is 0 Å². The minimum absolute atomic E-state index is 0.284. The molecule has 0 aromatic heterocycles. The first-order valence-corrected chi connectivity index (χ1v) is 8.08. The number of nitrogens with one attached hydrogen (secondary N) is 2. The lowest BCUT2D eigenvalue weighted by Gasteiger charge is -2.23. The molecule has 0 saturated heterocycles. The molecule has 2 nitrogen and oxygen atoms in total. The zero-order valence-electron chi connectivity index (χ0n) is 11.5. The maximum absolute atomic E-state index is 8.25. The van der Waals surface area contributed by atoms with E-state index in [1.165, 1.54) is 10.6 Å². The van der Waals surface area contributed by atoms with Crippen LogP contribution in [0.3, 0.4) is 0 Å². The van der Waals surface area contributed by atoms with Gasteiger partial charge in [-0.05, 0) is 24.6 Å². The molecule has 0 spiro atoms. The molecule has 2 aromatic carbocycles. The van der Waals surface area contributed by atoms with Crippen LogP contribution in [0.1, 0.15) is 0 Å². The second-order valence-corrected chi connectivity index (χ2v) is 6.89. The Hall–Kier alpha value is -2.31. The van der Waals surface area contributed by atoms with Crippen LogP contribution in [-0.4, -0.2) is 11.4 Å². The van der Waals surface area contributed by atoms with Gasteiger partial charge < -0.3 is 0 Å². The molecule has 102 valence electrons. The Morgan fingerprint density at radius 2 is 1.24 bits per heavy atom. The molecule has 21 heavy (non-hydrogen) atoms. The van der Waals surface area contributed by atoms with Crippen LogP contribution in [-0.2, 0) is 0 Å². The van der Waals surface area contributed by atoms with Gasteiger partial charge in [-0.15, -0.1) is 0 Å². The second-order valence-electron chi connectivity index (χ2n) is 4.71. The van der Waals surface area contributed by atoms with Crippen LogP contribution in [0.25, 0.3) is 0 Å². The maximum atomic E-state index is 8.25. The van der Waals surface area contributed by atoms with Crippen molar-refractivity contribution in [3.05, 3.63) is 84.2 Å². The first-order valence-electron chi connectivity index (χ1n) is 6.74. The van der Waals surface area contributed by atoms with Gasteiger partial charge in [0, 0.05) is 5.31 Å². The van der Waals surface area contributed by atoms with Crippen LogP contribution >= 0.6 is 7.92 Å². The Bertz CT molecular complexity index is 691. The third kappa shape index (κ3) is 2.76. The Kier molecular flexibility index (Phi) is 3.89. The summed E-state index contributed by atoms with van der Waals surface area (Å²) in [6, 6.07) is 20.6. The first kappa shape index (κ1) is 13.7. The van der Waals surface area contributed by atoms with E-state index in [0.717, 1.165) is 5.31 Å². The number of hydrogen-bond donors (Lipinski definition) is 2. The molecule has 0 heterocycles. The van der Waals surface area contributed by atoms with Gasteiger partial charge in [0.15, 0.2) is 0 Å². The largest absolute Gasteiger partial charge is 0.299 e. The molecule has 2 aromatic rings. The van der Waals surface area contributed by atoms with Gasteiger partial charge in [0.25, 0.3) is 0 Å². The highest BCUT2D eigenvalue weighted by atomic mass is 31.1. The summed E-state index contributed by atoms with van der Waals surface area (Å²) in [6.07, 6.45) is 5.53. The number of hydrogen-bond acceptors (Lipinski definition) is 2. The summed E-state index contributed by atoms with van der Waals surface area (Å²) in [5.41, 5.74) is 0.614. The van der Waals surface area contributed by atoms with Crippen LogP contribution in [0.5, 0.6) is 0 Å². The normalized spacial score (nSPS) is 14.4. The Morgan fingerprint density at radius 1 is 0.714 bits per heavy atom. The molecule has 2 N–H and O–H groups in total. The lowest BCUT2D eigenvalue weighted by Crippen LogP contribution is -2.21. The SMILES string of the molecule is N=C1C=CC=C(P(c2ccccc2)c2ccccc2)C1=N. The number of rotatable bonds is 3. The van der Waals surface area contributed by atoms with Gasteiger partial charge in [-0.1, -0.05) is 72.8 Å². The number of allylic oxidation sites excluding steroid dienone is 4. The van der Waals surface area contributed by atoms with Crippen molar-refractivity contribution in [2.45, 2.75) is 0 Å². The predicted octanol–water partition coefficient (Wildman–Crippen LogP) is 3.61. The standard InChI is InChI=1S/C18H15N2P/c19-16-12-7-13-17(18(16)20)21(14-8-3-1-4-9-14)15-10-5-2-6-11-15/h1-13,19-20H. The third-order valence-electron chi connectivity index (χ3n) is 3.31. The summed E-state index contributed by atoms with van der Waals surface area (Å²) in [5, 5.41) is 19.5. The fraction of sp³-hybridized carbons (Fsp3) is 0. The smallest absolute Gasteiger partial charge is 0.0872 e. The van der Waals surface area contributed by atoms with Crippen molar-refractivity contribution in [2.75, 3.05) is 0 Å². The zero-order chi connectivity index (χ0) is 14.7. The topological polar surface area (TPSA) is 47.7 Å². The van der Waals surface area contributed by atoms with E-state index in [-0.39, 0.29) is 5.71 Å². The van der Waals surface area contributed by atoms with Gasteiger partial charge in [-0.25, -0.2) is 0 Å². The number of benzene rings is 2. The van der Waals surface area contributed by atoms with E-state index in [1.54, 1.807) is 6.08 Å². The molecule has 0 radical (unpaired) electrons. The molecular weight excluding hydrogens is 275 g/mol. The highest BCUT2D eigenvalue weighted by Crippen LogP contribution is 2.44. The third-order valence-corrected chi connectivity index (χ3v) is 5.80. The molecule has 1 aliphatic rings. The maximum Gasteiger partial charge on any atom is 0.0872 e. The lowest BCUT2D eigenvalue weighted by atomic mass is 10.1. The monoisotopic (exact) mass is 290 g/mol. The summed E-state index contributed by atoms with van der Waals surface area (Å²) in [4.78, 5) is 0. The summed E-state index contributed by atoms with van der Waals surface area (Å²) in [6.45, 7) is 0. The molecular formula is C18H15N2P. The van der Waals surface area contributed by atoms with Crippen molar-refractivity contribution in [1.29, 1.82) is 10.8 Å². The fourth-order valence-electron chi connectivity index (χ4n) is 2.31. The molecule has 0 saturated carbocycles. The highest BCUT2D eigenvalue weighted by Gasteiger charge is 2.24. The van der Waals surface area contributed by atoms with E-state index >= 15 is 0 Å². The second kappa shape index (κ2) is 5.99. The summed E-state index contributed by atoms with van der Waals surface area (Å²) < 4.78 is 0. The van der Waals surface area contributed by atoms with E-state index in [1.807, 2.05) is 48.6 Å². The molecule has 3 rings (SSSR count). The minimum atomic E-state index is -0.791. The van der Waals surface area contributed by atoms with E-state index in [0.29, 0.717) is 5.71 Å². The highest BCUT2D eigenvalue weighted by molar-refractivity contribution is 7.78. The van der Waals surface area contributed by atoms with Crippen LogP contribution in [0.2, 0.25) is 0 Å².